The maximum atomic E-state index is 13.7. The number of nitrogens with one attached hydrogen (secondary N) is 1. The first kappa shape index (κ1) is 15.0. The summed E-state index contributed by atoms with van der Waals surface area (Å²) < 4.78 is 13.7. The summed E-state index contributed by atoms with van der Waals surface area (Å²) >= 11 is 0. The highest BCUT2D eigenvalue weighted by atomic mass is 19.1. The molecule has 0 radical (unpaired) electrons. The van der Waals surface area contributed by atoms with Crippen LogP contribution in [-0.2, 0) is 6.42 Å². The van der Waals surface area contributed by atoms with Crippen LogP contribution in [0.15, 0.2) is 36.4 Å². The van der Waals surface area contributed by atoms with Gasteiger partial charge in [0.25, 0.3) is 0 Å². The Hall–Kier alpha value is -1.41. The summed E-state index contributed by atoms with van der Waals surface area (Å²) in [7, 11) is 0. The van der Waals surface area contributed by atoms with Gasteiger partial charge in [-0.15, -0.1) is 0 Å². The predicted molar refractivity (Wildman–Crippen MR) is 84.6 cm³/mol. The van der Waals surface area contributed by atoms with Crippen LogP contribution >= 0.6 is 0 Å². The second kappa shape index (κ2) is 8.01. The monoisotopic (exact) mass is 273 g/mol. The first-order valence-corrected chi connectivity index (χ1v) is 7.69. The molecule has 0 atom stereocenters. The highest BCUT2D eigenvalue weighted by Gasteiger charge is 2.04. The van der Waals surface area contributed by atoms with Gasteiger partial charge >= 0.3 is 0 Å². The van der Waals surface area contributed by atoms with E-state index in [0.29, 0.717) is 0 Å². The Kier molecular flexibility index (Phi) is 6.00. The van der Waals surface area contributed by atoms with Gasteiger partial charge in [-0.2, -0.15) is 0 Å². The Balaban J connectivity index is 1.86. The van der Waals surface area contributed by atoms with Gasteiger partial charge in [-0.25, -0.2) is 4.39 Å². The predicted octanol–water partition coefficient (Wildman–Crippen LogP) is 4.69. The Morgan fingerprint density at radius 3 is 2.50 bits per heavy atom. The van der Waals surface area contributed by atoms with E-state index in [4.69, 9.17) is 0 Å². The number of halogens is 1. The number of fused-ring (bicyclic) bond motifs is 1. The summed E-state index contributed by atoms with van der Waals surface area (Å²) in [6.07, 6.45) is 5.85. The molecule has 2 aromatic carbocycles. The van der Waals surface area contributed by atoms with Crippen molar-refractivity contribution in [2.24, 2.45) is 0 Å². The minimum Gasteiger partial charge on any atom is -0.317 e. The lowest BCUT2D eigenvalue weighted by atomic mass is 9.99. The molecule has 108 valence electrons. The van der Waals surface area contributed by atoms with Crippen LogP contribution in [0.3, 0.4) is 0 Å². The second-order valence-electron chi connectivity index (χ2n) is 5.31. The fraction of sp³-hybridized carbons (Fsp3) is 0.444. The molecule has 0 unspecified atom stereocenters. The summed E-state index contributed by atoms with van der Waals surface area (Å²) in [6.45, 7) is 4.41. The minimum absolute atomic E-state index is 0.117. The van der Waals surface area contributed by atoms with Crippen molar-refractivity contribution in [2.75, 3.05) is 13.1 Å². The molecule has 20 heavy (non-hydrogen) atoms. The van der Waals surface area contributed by atoms with Gasteiger partial charge in [-0.1, -0.05) is 43.7 Å². The first-order chi connectivity index (χ1) is 9.83. The largest absolute Gasteiger partial charge is 0.317 e. The van der Waals surface area contributed by atoms with Gasteiger partial charge in [-0.05, 0) is 55.8 Å². The lowest BCUT2D eigenvalue weighted by Crippen LogP contribution is -2.15. The average molecular weight is 273 g/mol. The molecular weight excluding hydrogens is 249 g/mol. The van der Waals surface area contributed by atoms with Gasteiger partial charge in [-0.3, -0.25) is 0 Å². The van der Waals surface area contributed by atoms with Crippen molar-refractivity contribution >= 4 is 10.8 Å². The van der Waals surface area contributed by atoms with Crippen LogP contribution in [0.5, 0.6) is 0 Å². The zero-order valence-corrected chi connectivity index (χ0v) is 12.3. The molecule has 0 heterocycles. The maximum absolute atomic E-state index is 13.7. The Bertz CT molecular complexity index is 536. The minimum atomic E-state index is -0.117. The zero-order chi connectivity index (χ0) is 14.2. The van der Waals surface area contributed by atoms with Crippen molar-refractivity contribution in [3.05, 3.63) is 47.8 Å². The van der Waals surface area contributed by atoms with Crippen molar-refractivity contribution in [3.8, 4) is 0 Å². The Morgan fingerprint density at radius 2 is 1.70 bits per heavy atom. The summed E-state index contributed by atoms with van der Waals surface area (Å²) in [5.74, 6) is -0.117. The number of aryl methyl sites for hydroxylation is 1. The van der Waals surface area contributed by atoms with Crippen LogP contribution in [0.2, 0.25) is 0 Å². The number of hydrogen-bond acceptors (Lipinski definition) is 1. The number of rotatable bonds is 8. The van der Waals surface area contributed by atoms with Crippen LogP contribution in [0.4, 0.5) is 4.39 Å². The molecule has 1 nitrogen and oxygen atoms in total. The Morgan fingerprint density at radius 1 is 0.900 bits per heavy atom. The summed E-state index contributed by atoms with van der Waals surface area (Å²) in [6, 6.07) is 11.3. The molecule has 0 aliphatic rings. The van der Waals surface area contributed by atoms with E-state index in [1.165, 1.54) is 31.2 Å². The smallest absolute Gasteiger partial charge is 0.131 e. The van der Waals surface area contributed by atoms with E-state index in [0.717, 1.165) is 30.3 Å². The Labute approximate surface area is 121 Å². The van der Waals surface area contributed by atoms with Crippen LogP contribution in [0.25, 0.3) is 10.8 Å². The molecule has 0 bridgehead atoms. The molecule has 0 fully saturated rings. The van der Waals surface area contributed by atoms with E-state index in [-0.39, 0.29) is 5.82 Å². The third-order valence-electron chi connectivity index (χ3n) is 3.69. The van der Waals surface area contributed by atoms with E-state index < -0.39 is 0 Å². The zero-order valence-electron chi connectivity index (χ0n) is 12.3. The summed E-state index contributed by atoms with van der Waals surface area (Å²) in [4.78, 5) is 0. The topological polar surface area (TPSA) is 12.0 Å². The van der Waals surface area contributed by atoms with Gasteiger partial charge in [0.15, 0.2) is 0 Å². The van der Waals surface area contributed by atoms with E-state index in [2.05, 4.69) is 12.2 Å². The van der Waals surface area contributed by atoms with E-state index in [1.807, 2.05) is 30.3 Å². The van der Waals surface area contributed by atoms with Crippen molar-refractivity contribution in [2.45, 2.75) is 39.0 Å². The first-order valence-electron chi connectivity index (χ1n) is 7.69. The van der Waals surface area contributed by atoms with Crippen molar-refractivity contribution in [1.82, 2.24) is 5.32 Å². The van der Waals surface area contributed by atoms with Crippen LogP contribution in [0, 0.1) is 5.82 Å². The number of unbranched alkanes of at least 4 members (excludes halogenated alkanes) is 2. The van der Waals surface area contributed by atoms with Crippen molar-refractivity contribution < 1.29 is 4.39 Å². The molecule has 0 aliphatic carbocycles. The molecule has 0 amide bonds. The molecule has 0 aliphatic heterocycles. The van der Waals surface area contributed by atoms with Gasteiger partial charge in [0.1, 0.15) is 5.82 Å². The quantitative estimate of drug-likeness (QED) is 0.688. The van der Waals surface area contributed by atoms with Gasteiger partial charge < -0.3 is 5.32 Å². The number of hydrogen-bond donors (Lipinski definition) is 1. The van der Waals surface area contributed by atoms with E-state index >= 15 is 0 Å². The highest BCUT2D eigenvalue weighted by Crippen LogP contribution is 2.23. The molecule has 1 N–H and O–H groups in total. The lowest BCUT2D eigenvalue weighted by Gasteiger charge is -2.08. The van der Waals surface area contributed by atoms with E-state index in [1.54, 1.807) is 6.07 Å². The fourth-order valence-corrected chi connectivity index (χ4v) is 2.59. The van der Waals surface area contributed by atoms with Crippen LogP contribution in [-0.4, -0.2) is 13.1 Å². The van der Waals surface area contributed by atoms with Crippen molar-refractivity contribution in [1.29, 1.82) is 0 Å². The van der Waals surface area contributed by atoms with Crippen LogP contribution in [0.1, 0.15) is 38.2 Å². The third kappa shape index (κ3) is 4.04. The number of benzene rings is 2. The summed E-state index contributed by atoms with van der Waals surface area (Å²) in [5, 5.41) is 5.23. The molecule has 2 aromatic rings. The fourth-order valence-electron chi connectivity index (χ4n) is 2.59. The average Bonchev–Trinajstić information content (AvgIpc) is 2.49. The van der Waals surface area contributed by atoms with Gasteiger partial charge in [0.05, 0.1) is 0 Å². The van der Waals surface area contributed by atoms with E-state index in [9.17, 15) is 4.39 Å². The van der Waals surface area contributed by atoms with Crippen LogP contribution < -0.4 is 5.32 Å². The molecule has 0 aromatic heterocycles. The van der Waals surface area contributed by atoms with Gasteiger partial charge in [0, 0.05) is 5.39 Å². The summed E-state index contributed by atoms with van der Waals surface area (Å²) in [5.41, 5.74) is 1.27. The highest BCUT2D eigenvalue weighted by molar-refractivity contribution is 5.86. The lowest BCUT2D eigenvalue weighted by molar-refractivity contribution is 0.599. The molecule has 2 rings (SSSR count). The molecule has 0 saturated carbocycles. The van der Waals surface area contributed by atoms with Gasteiger partial charge in [0.2, 0.25) is 0 Å². The standard InChI is InChI=1S/C18H24FN/c1-2-13-20-14-7-3-4-8-15-11-12-18(19)17-10-6-5-9-16(15)17/h5-6,9-12,20H,2-4,7-8,13-14H2,1H3. The third-order valence-corrected chi connectivity index (χ3v) is 3.69. The maximum Gasteiger partial charge on any atom is 0.131 e. The molecule has 0 spiro atoms. The molecular formula is C18H24FN. The molecule has 2 heteroatoms. The normalized spacial score (nSPS) is 11.1. The van der Waals surface area contributed by atoms with Crippen molar-refractivity contribution in [3.63, 3.8) is 0 Å². The SMILES string of the molecule is CCCNCCCCCc1ccc(F)c2ccccc12. The second-order valence-corrected chi connectivity index (χ2v) is 5.31. The molecule has 0 saturated heterocycles.